The molecule has 1 atom stereocenters. The first-order chi connectivity index (χ1) is 14.0. The molecule has 0 saturated carbocycles. The quantitative estimate of drug-likeness (QED) is 0.763. The molecule has 1 saturated heterocycles. The van der Waals surface area contributed by atoms with Gasteiger partial charge in [-0.3, -0.25) is 19.4 Å². The van der Waals surface area contributed by atoms with Gasteiger partial charge >= 0.3 is 0 Å². The van der Waals surface area contributed by atoms with E-state index in [1.807, 2.05) is 12.1 Å². The number of ketones is 1. The molecular weight excluding hydrogens is 368 g/mol. The van der Waals surface area contributed by atoms with Crippen molar-refractivity contribution < 1.29 is 19.4 Å². The third-order valence-electron chi connectivity index (χ3n) is 5.85. The van der Waals surface area contributed by atoms with Crippen LogP contribution in [0.3, 0.4) is 0 Å². The van der Waals surface area contributed by atoms with Crippen LogP contribution in [0.4, 0.5) is 5.69 Å². The average Bonchev–Trinajstić information content (AvgIpc) is 2.96. The number of ether oxygens (including phenoxy) is 1. The number of hydrogen-bond donors (Lipinski definition) is 1. The fourth-order valence-electron chi connectivity index (χ4n) is 4.32. The number of hydrogen-bond acceptors (Lipinski definition) is 5. The number of carbonyl (C=O) groups is 2. The Hall–Kier alpha value is -2.70. The Bertz CT molecular complexity index is 923. The van der Waals surface area contributed by atoms with Gasteiger partial charge in [-0.1, -0.05) is 36.8 Å². The number of benzene rings is 2. The maximum atomic E-state index is 13.3. The van der Waals surface area contributed by atoms with Gasteiger partial charge in [-0.2, -0.15) is 0 Å². The molecule has 1 amide bonds. The van der Waals surface area contributed by atoms with Crippen molar-refractivity contribution in [1.29, 1.82) is 0 Å². The van der Waals surface area contributed by atoms with Crippen molar-refractivity contribution in [2.75, 3.05) is 31.8 Å². The number of para-hydroxylation sites is 2. The van der Waals surface area contributed by atoms with E-state index in [2.05, 4.69) is 4.90 Å². The Kier molecular flexibility index (Phi) is 5.39. The number of aliphatic hydroxyl groups is 1. The monoisotopic (exact) mass is 394 g/mol. The molecule has 2 heterocycles. The minimum absolute atomic E-state index is 0.320. The van der Waals surface area contributed by atoms with Gasteiger partial charge in [-0.05, 0) is 44.1 Å². The van der Waals surface area contributed by atoms with E-state index >= 15 is 0 Å². The van der Waals surface area contributed by atoms with E-state index in [9.17, 15) is 14.7 Å². The zero-order valence-corrected chi connectivity index (χ0v) is 16.6. The lowest BCUT2D eigenvalue weighted by molar-refractivity contribution is -0.136. The van der Waals surface area contributed by atoms with Crippen molar-refractivity contribution >= 4 is 17.4 Å². The van der Waals surface area contributed by atoms with Gasteiger partial charge in [0.2, 0.25) is 0 Å². The number of nitrogens with zero attached hydrogens (tertiary/aromatic N) is 2. The summed E-state index contributed by atoms with van der Waals surface area (Å²) in [5.74, 6) is -0.328. The van der Waals surface area contributed by atoms with Crippen molar-refractivity contribution in [3.8, 4) is 5.75 Å². The SMILES string of the molecule is COc1ccccc1C(=O)C[C@@]1(O)C(=O)N(CN2CCCCC2)c2ccccc21. The van der Waals surface area contributed by atoms with Crippen LogP contribution in [0.2, 0.25) is 0 Å². The van der Waals surface area contributed by atoms with Crippen LogP contribution in [0, 0.1) is 0 Å². The summed E-state index contributed by atoms with van der Waals surface area (Å²) in [6.45, 7) is 2.30. The van der Waals surface area contributed by atoms with E-state index < -0.39 is 11.5 Å². The number of fused-ring (bicyclic) bond motifs is 1. The molecule has 152 valence electrons. The lowest BCUT2D eigenvalue weighted by Gasteiger charge is -2.31. The van der Waals surface area contributed by atoms with Crippen LogP contribution in [-0.4, -0.2) is 48.6 Å². The standard InChI is InChI=1S/C23H26N2O4/c1-29-21-12-6-3-9-17(21)20(26)15-23(28)18-10-4-5-11-19(18)25(22(23)27)16-24-13-7-2-8-14-24/h3-6,9-12,28H,2,7-8,13-16H2,1H3/t23-/m0/s1. The summed E-state index contributed by atoms with van der Waals surface area (Å²) in [6.07, 6.45) is 3.11. The minimum atomic E-state index is -1.87. The van der Waals surface area contributed by atoms with E-state index in [4.69, 9.17) is 4.74 Å². The van der Waals surface area contributed by atoms with Crippen LogP contribution >= 0.6 is 0 Å². The third kappa shape index (κ3) is 3.54. The fourth-order valence-corrected chi connectivity index (χ4v) is 4.32. The first-order valence-corrected chi connectivity index (χ1v) is 10.1. The van der Waals surface area contributed by atoms with Crippen molar-refractivity contribution in [2.24, 2.45) is 0 Å². The van der Waals surface area contributed by atoms with Gasteiger partial charge in [-0.25, -0.2) is 0 Å². The van der Waals surface area contributed by atoms with Gasteiger partial charge < -0.3 is 9.84 Å². The lowest BCUT2D eigenvalue weighted by atomic mass is 9.88. The van der Waals surface area contributed by atoms with Gasteiger partial charge in [0.25, 0.3) is 5.91 Å². The second-order valence-electron chi connectivity index (χ2n) is 7.73. The molecule has 2 aromatic rings. The molecule has 0 aromatic heterocycles. The predicted octanol–water partition coefficient (Wildman–Crippen LogP) is 2.95. The molecule has 1 fully saturated rings. The number of anilines is 1. The van der Waals surface area contributed by atoms with Crippen LogP contribution in [-0.2, 0) is 10.4 Å². The lowest BCUT2D eigenvalue weighted by Crippen LogP contribution is -2.47. The van der Waals surface area contributed by atoms with Crippen LogP contribution in [0.25, 0.3) is 0 Å². The van der Waals surface area contributed by atoms with E-state index in [-0.39, 0.29) is 12.2 Å². The number of carbonyl (C=O) groups excluding carboxylic acids is 2. The van der Waals surface area contributed by atoms with Crippen molar-refractivity contribution in [3.63, 3.8) is 0 Å². The second-order valence-corrected chi connectivity index (χ2v) is 7.73. The molecule has 6 heteroatoms. The van der Waals surface area contributed by atoms with Crippen LogP contribution in [0.5, 0.6) is 5.75 Å². The molecule has 6 nitrogen and oxygen atoms in total. The number of rotatable bonds is 6. The van der Waals surface area contributed by atoms with Crippen molar-refractivity contribution in [2.45, 2.75) is 31.3 Å². The molecule has 2 aromatic carbocycles. The molecule has 0 unspecified atom stereocenters. The summed E-state index contributed by atoms with van der Waals surface area (Å²) >= 11 is 0. The van der Waals surface area contributed by atoms with Crippen LogP contribution in [0.15, 0.2) is 48.5 Å². The molecule has 0 aliphatic carbocycles. The van der Waals surface area contributed by atoms with Crippen LogP contribution in [0.1, 0.15) is 41.6 Å². The first kappa shape index (κ1) is 19.6. The Morgan fingerprint density at radius 1 is 1.07 bits per heavy atom. The van der Waals surface area contributed by atoms with Crippen molar-refractivity contribution in [3.05, 3.63) is 59.7 Å². The largest absolute Gasteiger partial charge is 0.496 e. The first-order valence-electron chi connectivity index (χ1n) is 10.1. The number of Topliss-reactive ketones (excluding diaryl/α,β-unsaturated/α-hetero) is 1. The topological polar surface area (TPSA) is 70.1 Å². The molecule has 0 spiro atoms. The summed E-state index contributed by atoms with van der Waals surface area (Å²) in [4.78, 5) is 30.2. The predicted molar refractivity (Wildman–Crippen MR) is 110 cm³/mol. The second kappa shape index (κ2) is 7.97. The summed E-state index contributed by atoms with van der Waals surface area (Å²) < 4.78 is 5.28. The Morgan fingerprint density at radius 2 is 1.76 bits per heavy atom. The summed E-state index contributed by atoms with van der Waals surface area (Å²) in [7, 11) is 1.50. The maximum absolute atomic E-state index is 13.3. The van der Waals surface area contributed by atoms with E-state index in [1.54, 1.807) is 41.3 Å². The highest BCUT2D eigenvalue weighted by molar-refractivity contribution is 6.11. The smallest absolute Gasteiger partial charge is 0.265 e. The Morgan fingerprint density at radius 3 is 2.52 bits per heavy atom. The highest BCUT2D eigenvalue weighted by atomic mass is 16.5. The van der Waals surface area contributed by atoms with Gasteiger partial charge in [-0.15, -0.1) is 0 Å². The molecule has 4 rings (SSSR count). The van der Waals surface area contributed by atoms with Gasteiger partial charge in [0, 0.05) is 5.56 Å². The van der Waals surface area contributed by atoms with Gasteiger partial charge in [0.15, 0.2) is 11.4 Å². The summed E-state index contributed by atoms with van der Waals surface area (Å²) in [5.41, 5.74) is -0.337. The average molecular weight is 394 g/mol. The zero-order chi connectivity index (χ0) is 20.4. The van der Waals surface area contributed by atoms with Crippen molar-refractivity contribution in [1.82, 2.24) is 4.90 Å². The number of piperidine rings is 1. The molecule has 0 bridgehead atoms. The molecule has 1 N–H and O–H groups in total. The molecule has 2 aliphatic rings. The Labute approximate surface area is 170 Å². The van der Waals surface area contributed by atoms with Gasteiger partial charge in [0.1, 0.15) is 5.75 Å². The van der Waals surface area contributed by atoms with Crippen LogP contribution < -0.4 is 9.64 Å². The Balaban J connectivity index is 1.64. The minimum Gasteiger partial charge on any atom is -0.496 e. The molecular formula is C23H26N2O4. The summed E-state index contributed by atoms with van der Waals surface area (Å²) in [5, 5.41) is 11.4. The number of likely N-dealkylation sites (tertiary alicyclic amines) is 1. The van der Waals surface area contributed by atoms with Gasteiger partial charge in [0.05, 0.1) is 31.5 Å². The number of amides is 1. The summed E-state index contributed by atoms with van der Waals surface area (Å²) in [6, 6.07) is 14.1. The fraction of sp³-hybridized carbons (Fsp3) is 0.391. The molecule has 29 heavy (non-hydrogen) atoms. The maximum Gasteiger partial charge on any atom is 0.265 e. The number of methoxy groups -OCH3 is 1. The van der Waals surface area contributed by atoms with E-state index in [1.165, 1.54) is 13.5 Å². The third-order valence-corrected chi connectivity index (χ3v) is 5.85. The highest BCUT2D eigenvalue weighted by Gasteiger charge is 2.51. The molecule has 0 radical (unpaired) electrons. The normalized spacial score (nSPS) is 21.9. The van der Waals surface area contributed by atoms with E-state index in [0.29, 0.717) is 29.2 Å². The molecule has 2 aliphatic heterocycles. The highest BCUT2D eigenvalue weighted by Crippen LogP contribution is 2.43. The van der Waals surface area contributed by atoms with E-state index in [0.717, 1.165) is 25.9 Å². The zero-order valence-electron chi connectivity index (χ0n) is 16.6.